The fourth-order valence-electron chi connectivity index (χ4n) is 3.47. The van der Waals surface area contributed by atoms with E-state index in [4.69, 9.17) is 23.7 Å². The molecule has 2 heterocycles. The molecule has 0 spiro atoms. The standard InChI is InChI=1S/C31H48NO9/c1-28(2,3)24(33)37-19(18-32-16-14-13-15-17-32)20-21(39-25(34)29(4,5)6)22(40-26(35)30(7,8)9)23(38-20)41-27(36)31(10,11)12/h13-17,19-23H,18H2,1-12H3/q+1/t19-,20+,21+,22-,23+/m1/s1. The van der Waals surface area contributed by atoms with Crippen LogP contribution >= 0.6 is 0 Å². The number of carbonyl (C=O) groups is 4. The van der Waals surface area contributed by atoms with Crippen LogP contribution in [-0.2, 0) is 49.4 Å². The predicted molar refractivity (Wildman–Crippen MR) is 149 cm³/mol. The minimum absolute atomic E-state index is 0.122. The van der Waals surface area contributed by atoms with E-state index in [2.05, 4.69) is 0 Å². The van der Waals surface area contributed by atoms with Crippen molar-refractivity contribution in [3.63, 3.8) is 0 Å². The quantitative estimate of drug-likeness (QED) is 0.267. The van der Waals surface area contributed by atoms with Crippen molar-refractivity contribution in [3.05, 3.63) is 30.6 Å². The van der Waals surface area contributed by atoms with Crippen LogP contribution in [0.2, 0.25) is 0 Å². The first-order valence-electron chi connectivity index (χ1n) is 14.0. The van der Waals surface area contributed by atoms with Crippen molar-refractivity contribution in [1.82, 2.24) is 0 Å². The maximum atomic E-state index is 13.2. The molecule has 1 aliphatic heterocycles. The van der Waals surface area contributed by atoms with Gasteiger partial charge in [-0.2, -0.15) is 0 Å². The Balaban J connectivity index is 2.65. The number of hydrogen-bond donors (Lipinski definition) is 0. The first kappa shape index (κ1) is 34.2. The van der Waals surface area contributed by atoms with E-state index >= 15 is 0 Å². The van der Waals surface area contributed by atoms with E-state index < -0.39 is 76.2 Å². The molecule has 0 aliphatic carbocycles. The van der Waals surface area contributed by atoms with E-state index in [1.165, 1.54) is 0 Å². The van der Waals surface area contributed by atoms with Crippen LogP contribution in [0.5, 0.6) is 0 Å². The second-order valence-electron chi connectivity index (χ2n) is 14.6. The van der Waals surface area contributed by atoms with Crippen LogP contribution in [0.25, 0.3) is 0 Å². The van der Waals surface area contributed by atoms with Crippen molar-refractivity contribution >= 4 is 23.9 Å². The molecule has 10 heteroatoms. The molecular weight excluding hydrogens is 530 g/mol. The van der Waals surface area contributed by atoms with E-state index in [9.17, 15) is 19.2 Å². The first-order chi connectivity index (χ1) is 18.5. The molecule has 1 aromatic rings. The number of rotatable bonds is 7. The Hall–Kier alpha value is -3.01. The van der Waals surface area contributed by atoms with Crippen LogP contribution in [0.1, 0.15) is 83.1 Å². The van der Waals surface area contributed by atoms with Gasteiger partial charge in [0.2, 0.25) is 12.4 Å². The third-order valence-corrected chi connectivity index (χ3v) is 6.16. The van der Waals surface area contributed by atoms with Crippen LogP contribution in [0, 0.1) is 21.7 Å². The van der Waals surface area contributed by atoms with Gasteiger partial charge >= 0.3 is 23.9 Å². The van der Waals surface area contributed by atoms with Gasteiger partial charge in [0.1, 0.15) is 6.10 Å². The van der Waals surface area contributed by atoms with E-state index in [1.54, 1.807) is 100 Å². The molecule has 0 aromatic carbocycles. The molecule has 0 N–H and O–H groups in total. The molecule has 1 saturated heterocycles. The van der Waals surface area contributed by atoms with Gasteiger partial charge in [0.05, 0.1) is 21.7 Å². The Morgan fingerprint density at radius 3 is 1.49 bits per heavy atom. The second kappa shape index (κ2) is 12.5. The SMILES string of the molecule is CC(C)(C)C(=O)O[C@@H]1O[C@@H]([C@@H](C[n+]2ccccc2)OC(=O)C(C)(C)C)[C@H](OC(=O)C(C)(C)C)[C@H]1OC(=O)C(C)(C)C. The summed E-state index contributed by atoms with van der Waals surface area (Å²) >= 11 is 0. The lowest BCUT2D eigenvalue weighted by Gasteiger charge is -2.31. The van der Waals surface area contributed by atoms with Gasteiger partial charge in [-0.05, 0) is 83.1 Å². The zero-order valence-corrected chi connectivity index (χ0v) is 26.6. The summed E-state index contributed by atoms with van der Waals surface area (Å²) in [5.41, 5.74) is -3.61. The maximum absolute atomic E-state index is 13.2. The highest BCUT2D eigenvalue weighted by Gasteiger charge is 2.57. The monoisotopic (exact) mass is 578 g/mol. The zero-order chi connectivity index (χ0) is 31.6. The van der Waals surface area contributed by atoms with Gasteiger partial charge in [-0.3, -0.25) is 19.2 Å². The average molecular weight is 579 g/mol. The third-order valence-electron chi connectivity index (χ3n) is 6.16. The number of nitrogens with zero attached hydrogens (tertiary/aromatic N) is 1. The summed E-state index contributed by atoms with van der Waals surface area (Å²) in [5.74, 6) is -2.33. The third kappa shape index (κ3) is 9.51. The molecule has 1 aliphatic rings. The molecule has 0 saturated carbocycles. The van der Waals surface area contributed by atoms with E-state index in [1.807, 2.05) is 18.2 Å². The number of hydrogen-bond acceptors (Lipinski definition) is 9. The molecule has 0 unspecified atom stereocenters. The lowest BCUT2D eigenvalue weighted by Crippen LogP contribution is -2.53. The molecule has 5 atom stereocenters. The minimum Gasteiger partial charge on any atom is -0.455 e. The summed E-state index contributed by atoms with van der Waals surface area (Å²) in [4.78, 5) is 52.4. The summed E-state index contributed by atoms with van der Waals surface area (Å²) in [7, 11) is 0. The van der Waals surface area contributed by atoms with E-state index in [-0.39, 0.29) is 6.54 Å². The maximum Gasteiger partial charge on any atom is 0.313 e. The van der Waals surface area contributed by atoms with Crippen molar-refractivity contribution in [2.45, 2.75) is 120 Å². The molecule has 1 aromatic heterocycles. The highest BCUT2D eigenvalue weighted by atomic mass is 16.8. The molecule has 1 fully saturated rings. The summed E-state index contributed by atoms with van der Waals surface area (Å²) in [5, 5.41) is 0. The molecule has 0 radical (unpaired) electrons. The Labute approximate surface area is 244 Å². The molecule has 0 amide bonds. The van der Waals surface area contributed by atoms with Gasteiger partial charge in [-0.1, -0.05) is 6.07 Å². The van der Waals surface area contributed by atoms with Gasteiger partial charge in [0.25, 0.3) is 0 Å². The lowest BCUT2D eigenvalue weighted by molar-refractivity contribution is -0.704. The van der Waals surface area contributed by atoms with Crippen LogP contribution in [-0.4, -0.2) is 54.6 Å². The Morgan fingerprint density at radius 2 is 1.05 bits per heavy atom. The van der Waals surface area contributed by atoms with Crippen LogP contribution in [0.4, 0.5) is 0 Å². The van der Waals surface area contributed by atoms with Crippen molar-refractivity contribution in [1.29, 1.82) is 0 Å². The van der Waals surface area contributed by atoms with Crippen LogP contribution in [0.15, 0.2) is 30.6 Å². The lowest BCUT2D eigenvalue weighted by atomic mass is 9.95. The summed E-state index contributed by atoms with van der Waals surface area (Å²) in [6.07, 6.45) is -2.58. The predicted octanol–water partition coefficient (Wildman–Crippen LogP) is 4.16. The topological polar surface area (TPSA) is 118 Å². The average Bonchev–Trinajstić information content (AvgIpc) is 3.13. The van der Waals surface area contributed by atoms with Gasteiger partial charge < -0.3 is 23.7 Å². The zero-order valence-electron chi connectivity index (χ0n) is 26.6. The van der Waals surface area contributed by atoms with E-state index in [0.29, 0.717) is 0 Å². The van der Waals surface area contributed by atoms with Crippen molar-refractivity contribution in [2.24, 2.45) is 21.7 Å². The molecule has 41 heavy (non-hydrogen) atoms. The highest BCUT2D eigenvalue weighted by Crippen LogP contribution is 2.36. The number of esters is 4. The summed E-state index contributed by atoms with van der Waals surface area (Å²) in [6.45, 7) is 20.4. The smallest absolute Gasteiger partial charge is 0.313 e. The largest absolute Gasteiger partial charge is 0.455 e. The second-order valence-corrected chi connectivity index (χ2v) is 14.6. The number of pyridine rings is 1. The fraction of sp³-hybridized carbons (Fsp3) is 0.710. The van der Waals surface area contributed by atoms with Crippen molar-refractivity contribution in [2.75, 3.05) is 0 Å². The minimum atomic E-state index is -1.42. The van der Waals surface area contributed by atoms with Gasteiger partial charge in [0.15, 0.2) is 31.1 Å². The Bertz CT molecular complexity index is 1090. The van der Waals surface area contributed by atoms with E-state index in [0.717, 1.165) is 0 Å². The Kier molecular flexibility index (Phi) is 10.4. The van der Waals surface area contributed by atoms with Crippen molar-refractivity contribution < 1.29 is 47.4 Å². The normalized spacial score (nSPS) is 22.4. The van der Waals surface area contributed by atoms with Gasteiger partial charge in [0, 0.05) is 12.1 Å². The Morgan fingerprint density at radius 1 is 0.634 bits per heavy atom. The summed E-state index contributed by atoms with van der Waals surface area (Å²) in [6, 6.07) is 5.48. The fourth-order valence-corrected chi connectivity index (χ4v) is 3.47. The molecule has 2 rings (SSSR count). The molecule has 0 bridgehead atoms. The number of aromatic nitrogens is 1. The molecule has 10 nitrogen and oxygen atoms in total. The molecular formula is C31H48NO9+. The number of carbonyl (C=O) groups excluding carboxylic acids is 4. The molecule has 230 valence electrons. The van der Waals surface area contributed by atoms with Gasteiger partial charge in [-0.15, -0.1) is 0 Å². The number of ether oxygens (including phenoxy) is 5. The first-order valence-corrected chi connectivity index (χ1v) is 14.0. The van der Waals surface area contributed by atoms with Crippen LogP contribution < -0.4 is 4.57 Å². The van der Waals surface area contributed by atoms with Gasteiger partial charge in [-0.25, -0.2) is 4.57 Å². The summed E-state index contributed by atoms with van der Waals surface area (Å²) < 4.78 is 31.6. The highest BCUT2D eigenvalue weighted by molar-refractivity contribution is 5.78. The van der Waals surface area contributed by atoms with Crippen molar-refractivity contribution in [3.8, 4) is 0 Å². The van der Waals surface area contributed by atoms with Crippen LogP contribution in [0.3, 0.4) is 0 Å².